The fourth-order valence-corrected chi connectivity index (χ4v) is 7.91. The number of carbonyl (C=O) groups is 3. The van der Waals surface area contributed by atoms with Crippen LogP contribution in [0, 0.1) is 40.4 Å². The van der Waals surface area contributed by atoms with Gasteiger partial charge in [0, 0.05) is 29.1 Å². The van der Waals surface area contributed by atoms with E-state index in [1.807, 2.05) is 13.8 Å². The number of Topliss-reactive ketones (excluding diaryl/α,β-unsaturated/α-hetero) is 1. The van der Waals surface area contributed by atoms with E-state index >= 15 is 8.78 Å². The number of ketones is 2. The summed E-state index contributed by atoms with van der Waals surface area (Å²) in [6.45, 7) is 6.92. The maximum atomic E-state index is 16.2. The molecule has 1 N–H and O–H groups in total. The lowest BCUT2D eigenvalue weighted by atomic mass is 9.46. The Balaban J connectivity index is 1.63. The van der Waals surface area contributed by atoms with Gasteiger partial charge in [-0.1, -0.05) is 40.2 Å². The highest BCUT2D eigenvalue weighted by molar-refractivity contribution is 6.01. The number of esters is 1. The predicted octanol–water partition coefficient (Wildman–Crippen LogP) is 4.33. The lowest BCUT2D eigenvalue weighted by molar-refractivity contribution is -0.179. The average Bonchev–Trinajstić information content (AvgIpc) is 3.06. The first-order chi connectivity index (χ1) is 16.0. The lowest BCUT2D eigenvalue weighted by Gasteiger charge is -2.60. The molecule has 4 aliphatic rings. The van der Waals surface area contributed by atoms with Gasteiger partial charge < -0.3 is 9.84 Å². The molecule has 0 bridgehead atoms. The van der Waals surface area contributed by atoms with Crippen LogP contribution in [0.15, 0.2) is 23.8 Å². The number of allylic oxidation sites excluding steroid dienone is 4. The van der Waals surface area contributed by atoms with Gasteiger partial charge in [-0.25, -0.2) is 8.78 Å². The van der Waals surface area contributed by atoms with Gasteiger partial charge >= 0.3 is 5.97 Å². The molecule has 0 unspecified atom stereocenters. The van der Waals surface area contributed by atoms with Crippen molar-refractivity contribution in [1.29, 1.82) is 0 Å². The molecule has 3 saturated carbocycles. The molecule has 0 spiro atoms. The number of fused-ring (bicyclic) bond motifs is 5. The van der Waals surface area contributed by atoms with Crippen molar-refractivity contribution in [1.82, 2.24) is 0 Å². The molecule has 4 aliphatic carbocycles. The first-order valence-corrected chi connectivity index (χ1v) is 12.6. The molecule has 4 rings (SSSR count). The number of aliphatic hydroxyl groups is 1. The van der Waals surface area contributed by atoms with E-state index in [1.165, 1.54) is 12.2 Å². The summed E-state index contributed by atoms with van der Waals surface area (Å²) in [5, 5.41) is 11.3. The number of hydrogen-bond donors (Lipinski definition) is 1. The van der Waals surface area contributed by atoms with E-state index in [1.54, 1.807) is 19.9 Å². The monoisotopic (exact) mass is 478 g/mol. The number of alkyl halides is 2. The van der Waals surface area contributed by atoms with Crippen LogP contribution in [0.3, 0.4) is 0 Å². The Labute approximate surface area is 200 Å². The summed E-state index contributed by atoms with van der Waals surface area (Å²) in [6, 6.07) is 0. The average molecular weight is 479 g/mol. The molecular weight excluding hydrogens is 442 g/mol. The van der Waals surface area contributed by atoms with Crippen molar-refractivity contribution in [2.45, 2.75) is 78.2 Å². The van der Waals surface area contributed by atoms with E-state index in [2.05, 4.69) is 0 Å². The number of carbonyl (C=O) groups excluding carboxylic acids is 3. The Morgan fingerprint density at radius 2 is 1.94 bits per heavy atom. The summed E-state index contributed by atoms with van der Waals surface area (Å²) in [4.78, 5) is 37.1. The SMILES string of the molecule is CCCCC(=O)OCC(=O)[C@H]1[C@H](C)C[C@H]2[C@@H]3C[C@H](F)C4=CC(=O)C=C[C@]4(C)[C@H]3[C@@H](O)[C@H](F)[C@@]21C. The predicted molar refractivity (Wildman–Crippen MR) is 122 cm³/mol. The minimum atomic E-state index is -1.70. The van der Waals surface area contributed by atoms with Crippen molar-refractivity contribution in [3.63, 3.8) is 0 Å². The second-order valence-corrected chi connectivity index (χ2v) is 11.3. The second kappa shape index (κ2) is 8.96. The highest BCUT2D eigenvalue weighted by Crippen LogP contribution is 2.68. The zero-order chi connectivity index (χ0) is 25.0. The van der Waals surface area contributed by atoms with Gasteiger partial charge in [0.15, 0.2) is 11.6 Å². The molecule has 3 fully saturated rings. The number of aliphatic hydroxyl groups excluding tert-OH is 1. The quantitative estimate of drug-likeness (QED) is 0.575. The number of ether oxygens (including phenoxy) is 1. The number of unbranched alkanes of at least 4 members (excludes halogenated alkanes) is 1. The Hall–Kier alpha value is -1.89. The molecule has 10 atom stereocenters. The third-order valence-electron chi connectivity index (χ3n) is 9.38. The summed E-state index contributed by atoms with van der Waals surface area (Å²) < 4.78 is 36.8. The van der Waals surface area contributed by atoms with Gasteiger partial charge in [-0.3, -0.25) is 14.4 Å². The molecule has 34 heavy (non-hydrogen) atoms. The van der Waals surface area contributed by atoms with Crippen molar-refractivity contribution in [3.8, 4) is 0 Å². The molecule has 0 radical (unpaired) electrons. The van der Waals surface area contributed by atoms with Crippen LogP contribution in [-0.4, -0.2) is 47.7 Å². The van der Waals surface area contributed by atoms with E-state index in [-0.39, 0.29) is 42.2 Å². The lowest BCUT2D eigenvalue weighted by Crippen LogP contribution is -2.64. The highest BCUT2D eigenvalue weighted by atomic mass is 19.1. The zero-order valence-electron chi connectivity index (χ0n) is 20.4. The van der Waals surface area contributed by atoms with Crippen LogP contribution in [0.1, 0.15) is 59.8 Å². The molecule has 0 aromatic heterocycles. The van der Waals surface area contributed by atoms with Crippen LogP contribution in [-0.2, 0) is 19.1 Å². The van der Waals surface area contributed by atoms with Crippen LogP contribution in [0.5, 0.6) is 0 Å². The molecule has 7 heteroatoms. The van der Waals surface area contributed by atoms with Crippen LogP contribution in [0.2, 0.25) is 0 Å². The summed E-state index contributed by atoms with van der Waals surface area (Å²) in [5.74, 6) is -3.22. The molecule has 0 heterocycles. The third-order valence-corrected chi connectivity index (χ3v) is 9.38. The van der Waals surface area contributed by atoms with Crippen molar-refractivity contribution >= 4 is 17.5 Å². The molecule has 5 nitrogen and oxygen atoms in total. The molecule has 0 aliphatic heterocycles. The second-order valence-electron chi connectivity index (χ2n) is 11.3. The molecule has 0 aromatic rings. The zero-order valence-corrected chi connectivity index (χ0v) is 20.4. The van der Waals surface area contributed by atoms with Gasteiger partial charge in [0.25, 0.3) is 0 Å². The Morgan fingerprint density at radius 3 is 2.62 bits per heavy atom. The first kappa shape index (κ1) is 25.2. The van der Waals surface area contributed by atoms with Gasteiger partial charge in [-0.15, -0.1) is 0 Å². The molecule has 0 saturated heterocycles. The molecular formula is C27H36F2O5. The van der Waals surface area contributed by atoms with Gasteiger partial charge in [-0.05, 0) is 54.7 Å². The first-order valence-electron chi connectivity index (χ1n) is 12.6. The number of hydrogen-bond acceptors (Lipinski definition) is 5. The maximum absolute atomic E-state index is 16.2. The van der Waals surface area contributed by atoms with Gasteiger partial charge in [0.1, 0.15) is 19.0 Å². The summed E-state index contributed by atoms with van der Waals surface area (Å²) in [5.41, 5.74) is -1.83. The smallest absolute Gasteiger partial charge is 0.306 e. The number of rotatable bonds is 6. The highest BCUT2D eigenvalue weighted by Gasteiger charge is 2.69. The minimum Gasteiger partial charge on any atom is -0.458 e. The summed E-state index contributed by atoms with van der Waals surface area (Å²) in [6.07, 6.45) is 2.21. The van der Waals surface area contributed by atoms with E-state index in [9.17, 15) is 19.5 Å². The van der Waals surface area contributed by atoms with E-state index < -0.39 is 53.7 Å². The normalized spacial score (nSPS) is 45.1. The van der Waals surface area contributed by atoms with Gasteiger partial charge in [-0.2, -0.15) is 0 Å². The topological polar surface area (TPSA) is 80.7 Å². The van der Waals surface area contributed by atoms with Crippen LogP contribution < -0.4 is 0 Å². The molecule has 188 valence electrons. The van der Waals surface area contributed by atoms with Crippen molar-refractivity contribution < 1.29 is 33.0 Å². The third kappa shape index (κ3) is 3.69. The van der Waals surface area contributed by atoms with Crippen LogP contribution in [0.4, 0.5) is 8.78 Å². The fraction of sp³-hybridized carbons (Fsp3) is 0.741. The van der Waals surface area contributed by atoms with Crippen molar-refractivity contribution in [3.05, 3.63) is 23.8 Å². The molecule has 0 aromatic carbocycles. The molecule has 0 amide bonds. The van der Waals surface area contributed by atoms with E-state index in [4.69, 9.17) is 4.74 Å². The van der Waals surface area contributed by atoms with Gasteiger partial charge in [0.2, 0.25) is 0 Å². The van der Waals surface area contributed by atoms with Crippen molar-refractivity contribution in [2.75, 3.05) is 6.61 Å². The summed E-state index contributed by atoms with van der Waals surface area (Å²) in [7, 11) is 0. The van der Waals surface area contributed by atoms with Gasteiger partial charge in [0.05, 0.1) is 6.10 Å². The van der Waals surface area contributed by atoms with E-state index in [0.717, 1.165) is 6.42 Å². The Morgan fingerprint density at radius 1 is 1.24 bits per heavy atom. The van der Waals surface area contributed by atoms with Crippen LogP contribution in [0.25, 0.3) is 0 Å². The van der Waals surface area contributed by atoms with E-state index in [0.29, 0.717) is 18.4 Å². The summed E-state index contributed by atoms with van der Waals surface area (Å²) >= 11 is 0. The van der Waals surface area contributed by atoms with Crippen molar-refractivity contribution in [2.24, 2.45) is 40.4 Å². The largest absolute Gasteiger partial charge is 0.458 e. The Kier molecular flexibility index (Phi) is 6.64. The maximum Gasteiger partial charge on any atom is 0.306 e. The number of halogens is 2. The Bertz CT molecular complexity index is 928. The minimum absolute atomic E-state index is 0.0941. The standard InChI is InChI=1S/C27H36F2O5/c1-5-6-7-21(32)34-13-20(31)22-14(2)10-17-16-12-19(28)18-11-15(30)8-9-26(18,3)23(16)24(33)25(29)27(17,22)4/h8-9,11,14,16-17,19,22-25,33H,5-7,10,12-13H2,1-4H3/t14-,16+,17+,19+,22-,23-,24-,25+,26+,27+/m1/s1. The van der Waals surface area contributed by atoms with Crippen LogP contribution >= 0.6 is 0 Å². The fourth-order valence-electron chi connectivity index (χ4n) is 7.91.